The van der Waals surface area contributed by atoms with Gasteiger partial charge in [0.2, 0.25) is 0 Å². The first kappa shape index (κ1) is 36.1. The minimum absolute atomic E-state index is 0.165. The molecule has 4 saturated carbocycles. The molecule has 308 valence electrons. The van der Waals surface area contributed by atoms with Crippen molar-refractivity contribution in [1.29, 1.82) is 0 Å². The van der Waals surface area contributed by atoms with Crippen LogP contribution < -0.4 is 0 Å². The standard InChI is InChI=1S/C62H45N3/c1-3-13-39(14-4-1)58-63-59(40-15-5-2-6-16-40)65-60(64-58)43-24-27-50-49-26-23-42(35-56(49)62(57(50)36-43)53-21-11-7-17-46(53)47-18-8-12-22-54(47)62)41-25-28-55-51(34-41)48-19-9-10-20-52(48)61(55)44-30-37-29-38(32-44)33-45(61)31-37/h1-28,34-38,44-45H,29-33H2. The van der Waals surface area contributed by atoms with Gasteiger partial charge in [0.05, 0.1) is 5.41 Å². The molecule has 4 bridgehead atoms. The fourth-order valence-electron chi connectivity index (χ4n) is 14.7. The van der Waals surface area contributed by atoms with Crippen molar-refractivity contribution in [2.24, 2.45) is 23.7 Å². The average molecular weight is 832 g/mol. The summed E-state index contributed by atoms with van der Waals surface area (Å²) in [7, 11) is 0. The predicted octanol–water partition coefficient (Wildman–Crippen LogP) is 14.6. The lowest BCUT2D eigenvalue weighted by atomic mass is 9.43. The van der Waals surface area contributed by atoms with Crippen LogP contribution in [0.25, 0.3) is 78.7 Å². The average Bonchev–Trinajstić information content (AvgIpc) is 3.95. The molecule has 1 heterocycles. The maximum Gasteiger partial charge on any atom is 0.164 e. The summed E-state index contributed by atoms with van der Waals surface area (Å²) in [6.45, 7) is 0. The van der Waals surface area contributed by atoms with Crippen LogP contribution in [0.2, 0.25) is 0 Å². The van der Waals surface area contributed by atoms with E-state index in [0.717, 1.165) is 40.4 Å². The number of benzene rings is 8. The van der Waals surface area contributed by atoms with E-state index in [1.54, 1.807) is 11.1 Å². The van der Waals surface area contributed by atoms with Crippen LogP contribution in [0, 0.1) is 23.7 Å². The number of nitrogens with zero attached hydrogens (tertiary/aromatic N) is 3. The Morgan fingerprint density at radius 1 is 0.292 bits per heavy atom. The van der Waals surface area contributed by atoms with E-state index in [9.17, 15) is 0 Å². The molecule has 0 radical (unpaired) electrons. The molecule has 9 aromatic rings. The van der Waals surface area contributed by atoms with E-state index < -0.39 is 5.41 Å². The Balaban J connectivity index is 0.927. The van der Waals surface area contributed by atoms with E-state index in [-0.39, 0.29) is 5.41 Å². The molecule has 1 aromatic heterocycles. The fraction of sp³-hybridized carbons (Fsp3) is 0.177. The summed E-state index contributed by atoms with van der Waals surface area (Å²) >= 11 is 0. The zero-order chi connectivity index (χ0) is 42.4. The lowest BCUT2D eigenvalue weighted by molar-refractivity contribution is -0.0399. The molecule has 8 aromatic carbocycles. The topological polar surface area (TPSA) is 38.7 Å². The van der Waals surface area contributed by atoms with Gasteiger partial charge in [-0.1, -0.05) is 170 Å². The van der Waals surface area contributed by atoms with Gasteiger partial charge in [0, 0.05) is 22.1 Å². The van der Waals surface area contributed by atoms with Gasteiger partial charge >= 0.3 is 0 Å². The summed E-state index contributed by atoms with van der Waals surface area (Å²) < 4.78 is 0. The summed E-state index contributed by atoms with van der Waals surface area (Å²) in [5.74, 6) is 5.37. The molecule has 3 nitrogen and oxygen atoms in total. The van der Waals surface area contributed by atoms with E-state index >= 15 is 0 Å². The molecule has 65 heavy (non-hydrogen) atoms. The Bertz CT molecular complexity index is 3330. The molecule has 0 aliphatic heterocycles. The third-order valence-electron chi connectivity index (χ3n) is 16.9. The van der Waals surface area contributed by atoms with Crippen LogP contribution in [-0.2, 0) is 10.8 Å². The monoisotopic (exact) mass is 831 g/mol. The third-order valence-corrected chi connectivity index (χ3v) is 16.9. The number of hydrogen-bond donors (Lipinski definition) is 0. The molecule has 0 N–H and O–H groups in total. The van der Waals surface area contributed by atoms with Crippen molar-refractivity contribution in [3.63, 3.8) is 0 Å². The van der Waals surface area contributed by atoms with Crippen LogP contribution in [0.3, 0.4) is 0 Å². The van der Waals surface area contributed by atoms with Gasteiger partial charge in [0.15, 0.2) is 17.5 Å². The van der Waals surface area contributed by atoms with Gasteiger partial charge in [-0.15, -0.1) is 0 Å². The van der Waals surface area contributed by atoms with Crippen molar-refractivity contribution >= 4 is 0 Å². The molecule has 2 spiro atoms. The zero-order valence-electron chi connectivity index (χ0n) is 36.1. The Kier molecular flexibility index (Phi) is 7.33. The van der Waals surface area contributed by atoms with E-state index in [4.69, 9.17) is 15.0 Å². The Hall–Kier alpha value is -7.23. The highest BCUT2D eigenvalue weighted by molar-refractivity contribution is 5.97. The molecule has 4 fully saturated rings. The lowest BCUT2D eigenvalue weighted by Gasteiger charge is -2.61. The number of aromatic nitrogens is 3. The van der Waals surface area contributed by atoms with Gasteiger partial charge < -0.3 is 0 Å². The van der Waals surface area contributed by atoms with E-state index in [1.807, 2.05) is 36.4 Å². The zero-order valence-corrected chi connectivity index (χ0v) is 36.1. The maximum atomic E-state index is 5.21. The molecule has 3 heteroatoms. The van der Waals surface area contributed by atoms with Crippen molar-refractivity contribution in [2.75, 3.05) is 0 Å². The first-order chi connectivity index (χ1) is 32.2. The Morgan fingerprint density at radius 3 is 1.26 bits per heavy atom. The van der Waals surface area contributed by atoms with Gasteiger partial charge in [-0.3, -0.25) is 0 Å². The summed E-state index contributed by atoms with van der Waals surface area (Å²) in [6, 6.07) is 70.1. The van der Waals surface area contributed by atoms with Crippen LogP contribution in [0.15, 0.2) is 188 Å². The largest absolute Gasteiger partial charge is 0.208 e. The van der Waals surface area contributed by atoms with Gasteiger partial charge in [-0.05, 0) is 152 Å². The molecule has 7 aliphatic rings. The fourth-order valence-corrected chi connectivity index (χ4v) is 14.7. The highest BCUT2D eigenvalue weighted by atomic mass is 15.0. The van der Waals surface area contributed by atoms with Crippen LogP contribution in [0.5, 0.6) is 0 Å². The minimum atomic E-state index is -0.533. The Labute approximate surface area is 380 Å². The highest BCUT2D eigenvalue weighted by Gasteiger charge is 2.61. The number of rotatable bonds is 4. The van der Waals surface area contributed by atoms with E-state index in [1.165, 1.54) is 98.9 Å². The predicted molar refractivity (Wildman–Crippen MR) is 261 cm³/mol. The van der Waals surface area contributed by atoms with Gasteiger partial charge in [-0.25, -0.2) is 15.0 Å². The third kappa shape index (κ3) is 4.78. The summed E-state index contributed by atoms with van der Waals surface area (Å²) in [5.41, 5.74) is 21.7. The van der Waals surface area contributed by atoms with Crippen molar-refractivity contribution in [3.8, 4) is 78.7 Å². The highest BCUT2D eigenvalue weighted by Crippen LogP contribution is 2.70. The molecule has 0 unspecified atom stereocenters. The number of hydrogen-bond acceptors (Lipinski definition) is 3. The van der Waals surface area contributed by atoms with Gasteiger partial charge in [0.1, 0.15) is 0 Å². The van der Waals surface area contributed by atoms with Crippen LogP contribution in [0.4, 0.5) is 0 Å². The SMILES string of the molecule is c1ccc(-c2nc(-c3ccccc3)nc(-c3ccc4c(c3)C3(c5ccccc5-c5ccccc53)c3cc(-c5ccc6c(c5)-c5ccccc5C65C6CC7CC(C6)CC5C7)ccc3-4)n2)cc1. The lowest BCUT2D eigenvalue weighted by Crippen LogP contribution is -2.55. The first-order valence-corrected chi connectivity index (χ1v) is 23.8. The summed E-state index contributed by atoms with van der Waals surface area (Å²) in [5, 5.41) is 0. The molecular formula is C62H45N3. The molecular weight excluding hydrogens is 787 g/mol. The van der Waals surface area contributed by atoms with Crippen LogP contribution in [-0.4, -0.2) is 15.0 Å². The second kappa shape index (κ2) is 13.2. The first-order valence-electron chi connectivity index (χ1n) is 23.8. The smallest absolute Gasteiger partial charge is 0.164 e. The van der Waals surface area contributed by atoms with E-state index in [0.29, 0.717) is 17.5 Å². The maximum absolute atomic E-state index is 5.21. The van der Waals surface area contributed by atoms with Crippen LogP contribution in [0.1, 0.15) is 65.5 Å². The summed E-state index contributed by atoms with van der Waals surface area (Å²) in [6.07, 6.45) is 7.07. The molecule has 16 rings (SSSR count). The van der Waals surface area contributed by atoms with Crippen molar-refractivity contribution in [1.82, 2.24) is 15.0 Å². The van der Waals surface area contributed by atoms with Gasteiger partial charge in [-0.2, -0.15) is 0 Å². The second-order valence-corrected chi connectivity index (χ2v) is 19.9. The molecule has 0 atom stereocenters. The van der Waals surface area contributed by atoms with E-state index in [2.05, 4.69) is 152 Å². The van der Waals surface area contributed by atoms with Crippen LogP contribution >= 0.6 is 0 Å². The second-order valence-electron chi connectivity index (χ2n) is 19.9. The van der Waals surface area contributed by atoms with Crippen molar-refractivity contribution in [2.45, 2.75) is 42.9 Å². The molecule has 0 amide bonds. The normalized spacial score (nSPS) is 22.6. The quantitative estimate of drug-likeness (QED) is 0.177. The number of fused-ring (bicyclic) bond motifs is 13. The molecule has 0 saturated heterocycles. The minimum Gasteiger partial charge on any atom is -0.208 e. The van der Waals surface area contributed by atoms with Crippen molar-refractivity contribution in [3.05, 3.63) is 221 Å². The summed E-state index contributed by atoms with van der Waals surface area (Å²) in [4.78, 5) is 15.4. The van der Waals surface area contributed by atoms with Gasteiger partial charge in [0.25, 0.3) is 0 Å². The Morgan fingerprint density at radius 2 is 0.692 bits per heavy atom. The van der Waals surface area contributed by atoms with Crippen molar-refractivity contribution < 1.29 is 0 Å². The molecule has 7 aliphatic carbocycles.